The molecule has 138 valence electrons. The van der Waals surface area contributed by atoms with Crippen molar-refractivity contribution in [3.8, 4) is 0 Å². The Balaban J connectivity index is 1.77. The summed E-state index contributed by atoms with van der Waals surface area (Å²) in [5, 5.41) is 10.3. The van der Waals surface area contributed by atoms with Crippen LogP contribution < -0.4 is 0 Å². The average Bonchev–Trinajstić information content (AvgIpc) is 3.06. The van der Waals surface area contributed by atoms with Gasteiger partial charge in [0.2, 0.25) is 5.90 Å². The van der Waals surface area contributed by atoms with E-state index in [0.717, 1.165) is 5.56 Å². The van der Waals surface area contributed by atoms with Crippen molar-refractivity contribution in [3.05, 3.63) is 64.7 Å². The molecule has 0 fully saturated rings. The lowest BCUT2D eigenvalue weighted by Crippen LogP contribution is -2.39. The Bertz CT molecular complexity index is 910. The predicted molar refractivity (Wildman–Crippen MR) is 98.1 cm³/mol. The third kappa shape index (κ3) is 4.07. The van der Waals surface area contributed by atoms with E-state index >= 15 is 0 Å². The van der Waals surface area contributed by atoms with Gasteiger partial charge < -0.3 is 9.84 Å². The van der Waals surface area contributed by atoms with Crippen molar-refractivity contribution in [2.45, 2.75) is 17.4 Å². The summed E-state index contributed by atoms with van der Waals surface area (Å²) in [6.45, 7) is 1.15. The Hall–Kier alpha value is -1.93. The number of ether oxygens (including phenoxy) is 1. The monoisotopic (exact) mass is 395 g/mol. The molecule has 6 nitrogen and oxygen atoms in total. The van der Waals surface area contributed by atoms with Gasteiger partial charge in [0.05, 0.1) is 18.1 Å². The number of nitrogens with zero attached hydrogens (tertiary/aromatic N) is 1. The maximum atomic E-state index is 12.3. The van der Waals surface area contributed by atoms with Crippen molar-refractivity contribution in [2.75, 3.05) is 19.8 Å². The van der Waals surface area contributed by atoms with Crippen LogP contribution in [-0.2, 0) is 19.0 Å². The lowest BCUT2D eigenvalue weighted by Gasteiger charge is -2.20. The first-order chi connectivity index (χ1) is 12.3. The topological polar surface area (TPSA) is 85.2 Å². The van der Waals surface area contributed by atoms with E-state index in [9.17, 15) is 13.5 Å². The smallest absolute Gasteiger partial charge is 0.297 e. The summed E-state index contributed by atoms with van der Waals surface area (Å²) >= 11 is 5.86. The van der Waals surface area contributed by atoms with Gasteiger partial charge in [0, 0.05) is 10.6 Å². The van der Waals surface area contributed by atoms with E-state index in [-0.39, 0.29) is 18.1 Å². The molecule has 1 aliphatic heterocycles. The minimum absolute atomic E-state index is 0.0187. The van der Waals surface area contributed by atoms with E-state index in [1.807, 2.05) is 6.92 Å². The first-order valence-electron chi connectivity index (χ1n) is 7.89. The predicted octanol–water partition coefficient (Wildman–Crippen LogP) is 2.56. The summed E-state index contributed by atoms with van der Waals surface area (Å²) in [7, 11) is -3.95. The van der Waals surface area contributed by atoms with E-state index in [0.29, 0.717) is 16.5 Å². The number of rotatable bonds is 6. The molecule has 0 spiro atoms. The van der Waals surface area contributed by atoms with Crippen molar-refractivity contribution in [1.29, 1.82) is 0 Å². The van der Waals surface area contributed by atoms with Crippen LogP contribution in [0.15, 0.2) is 58.4 Å². The highest BCUT2D eigenvalue weighted by Crippen LogP contribution is 2.25. The number of halogens is 1. The molecule has 1 unspecified atom stereocenters. The lowest BCUT2D eigenvalue weighted by atomic mass is 10.1. The molecule has 0 radical (unpaired) electrons. The van der Waals surface area contributed by atoms with Crippen molar-refractivity contribution >= 4 is 27.6 Å². The molecule has 2 aromatic rings. The van der Waals surface area contributed by atoms with Gasteiger partial charge in [-0.15, -0.1) is 0 Å². The van der Waals surface area contributed by atoms with Crippen molar-refractivity contribution in [3.63, 3.8) is 0 Å². The molecule has 26 heavy (non-hydrogen) atoms. The van der Waals surface area contributed by atoms with Crippen molar-refractivity contribution in [2.24, 2.45) is 4.99 Å². The van der Waals surface area contributed by atoms with Crippen LogP contribution in [0.4, 0.5) is 0 Å². The maximum absolute atomic E-state index is 12.3. The van der Waals surface area contributed by atoms with Gasteiger partial charge in [-0.3, -0.25) is 4.18 Å². The Morgan fingerprint density at radius 2 is 1.85 bits per heavy atom. The first-order valence-corrected chi connectivity index (χ1v) is 9.68. The molecule has 1 aliphatic rings. The quantitative estimate of drug-likeness (QED) is 0.760. The van der Waals surface area contributed by atoms with Crippen LogP contribution >= 0.6 is 11.6 Å². The molecule has 1 heterocycles. The second-order valence-corrected chi connectivity index (χ2v) is 8.18. The van der Waals surface area contributed by atoms with Gasteiger partial charge in [-0.2, -0.15) is 8.42 Å². The summed E-state index contributed by atoms with van der Waals surface area (Å²) in [4.78, 5) is 4.41. The lowest BCUT2D eigenvalue weighted by molar-refractivity contribution is 0.110. The number of hydrogen-bond donors (Lipinski definition) is 1. The maximum Gasteiger partial charge on any atom is 0.297 e. The highest BCUT2D eigenvalue weighted by Gasteiger charge is 2.39. The second kappa shape index (κ2) is 7.36. The van der Waals surface area contributed by atoms with Gasteiger partial charge >= 0.3 is 0 Å². The summed E-state index contributed by atoms with van der Waals surface area (Å²) in [5.74, 6) is 0.312. The summed E-state index contributed by atoms with van der Waals surface area (Å²) in [6.07, 6.45) is 0. The normalized spacial score (nSPS) is 19.9. The number of benzene rings is 2. The molecule has 0 amide bonds. The Morgan fingerprint density at radius 3 is 2.46 bits per heavy atom. The van der Waals surface area contributed by atoms with E-state index in [4.69, 9.17) is 20.5 Å². The molecule has 0 bridgehead atoms. The fraction of sp³-hybridized carbons (Fsp3) is 0.278. The van der Waals surface area contributed by atoms with Crippen LogP contribution in [0.1, 0.15) is 11.1 Å². The average molecular weight is 396 g/mol. The zero-order chi connectivity index (χ0) is 18.8. The van der Waals surface area contributed by atoms with Crippen molar-refractivity contribution in [1.82, 2.24) is 0 Å². The number of aliphatic hydroxyl groups excluding tert-OH is 1. The van der Waals surface area contributed by atoms with Crippen LogP contribution in [0.5, 0.6) is 0 Å². The Labute approximate surface area is 157 Å². The van der Waals surface area contributed by atoms with Gasteiger partial charge in [-0.05, 0) is 43.3 Å². The van der Waals surface area contributed by atoms with Crippen LogP contribution in [0.2, 0.25) is 5.02 Å². The summed E-state index contributed by atoms with van der Waals surface area (Å²) in [5.41, 5.74) is 0.454. The fourth-order valence-electron chi connectivity index (χ4n) is 2.38. The molecular formula is C18H18ClNO5S. The second-order valence-electron chi connectivity index (χ2n) is 6.12. The Kier molecular flexibility index (Phi) is 5.34. The molecule has 1 atom stereocenters. The highest BCUT2D eigenvalue weighted by molar-refractivity contribution is 7.86. The number of aryl methyl sites for hydroxylation is 1. The number of hydrogen-bond acceptors (Lipinski definition) is 6. The third-order valence-corrected chi connectivity index (χ3v) is 5.52. The van der Waals surface area contributed by atoms with Gasteiger partial charge in [0.25, 0.3) is 10.1 Å². The van der Waals surface area contributed by atoms with Gasteiger partial charge in [-0.1, -0.05) is 29.3 Å². The molecule has 3 rings (SSSR count). The highest BCUT2D eigenvalue weighted by atomic mass is 35.5. The van der Waals surface area contributed by atoms with Crippen LogP contribution in [0, 0.1) is 6.92 Å². The standard InChI is InChI=1S/C18H18ClNO5S/c1-13-2-8-16(9-3-13)26(22,23)25-12-18(10-21)11-24-17(20-18)14-4-6-15(19)7-5-14/h2-9,21H,10-12H2,1H3. The minimum Gasteiger partial charge on any atom is -0.475 e. The van der Waals surface area contributed by atoms with Crippen LogP contribution in [0.3, 0.4) is 0 Å². The SMILES string of the molecule is Cc1ccc(S(=O)(=O)OCC2(CO)COC(c3ccc(Cl)cc3)=N2)cc1. The molecule has 0 saturated carbocycles. The van der Waals surface area contributed by atoms with Gasteiger partial charge in [-0.25, -0.2) is 4.99 Å². The Morgan fingerprint density at radius 1 is 1.19 bits per heavy atom. The summed E-state index contributed by atoms with van der Waals surface area (Å²) in [6, 6.07) is 13.2. The number of aliphatic imine (C=N–C) groups is 1. The minimum atomic E-state index is -3.95. The molecule has 1 N–H and O–H groups in total. The van der Waals surface area contributed by atoms with E-state index in [1.54, 1.807) is 36.4 Å². The summed E-state index contributed by atoms with van der Waals surface area (Å²) < 4.78 is 35.4. The van der Waals surface area contributed by atoms with E-state index in [2.05, 4.69) is 4.99 Å². The fourth-order valence-corrected chi connectivity index (χ4v) is 3.49. The van der Waals surface area contributed by atoms with Crippen LogP contribution in [-0.4, -0.2) is 44.8 Å². The molecule has 8 heteroatoms. The van der Waals surface area contributed by atoms with E-state index in [1.165, 1.54) is 12.1 Å². The molecule has 0 saturated heterocycles. The third-order valence-electron chi connectivity index (χ3n) is 3.99. The van der Waals surface area contributed by atoms with E-state index < -0.39 is 22.3 Å². The molecule has 0 aromatic heterocycles. The molecule has 0 aliphatic carbocycles. The molecular weight excluding hydrogens is 378 g/mol. The number of aliphatic hydroxyl groups is 1. The largest absolute Gasteiger partial charge is 0.475 e. The van der Waals surface area contributed by atoms with Gasteiger partial charge in [0.15, 0.2) is 0 Å². The molecule has 2 aromatic carbocycles. The zero-order valence-corrected chi connectivity index (χ0v) is 15.6. The van der Waals surface area contributed by atoms with Crippen LogP contribution in [0.25, 0.3) is 0 Å². The zero-order valence-electron chi connectivity index (χ0n) is 14.1. The first kappa shape index (κ1) is 18.8. The van der Waals surface area contributed by atoms with Crippen molar-refractivity contribution < 1.29 is 22.4 Å². The van der Waals surface area contributed by atoms with Gasteiger partial charge in [0.1, 0.15) is 12.1 Å².